The topological polar surface area (TPSA) is 64.9 Å². The quantitative estimate of drug-likeness (QED) is 0.914. The number of aromatic nitrogens is 2. The molecule has 4 nitrogen and oxygen atoms in total. The van der Waals surface area contributed by atoms with Crippen LogP contribution in [-0.2, 0) is 0 Å². The van der Waals surface area contributed by atoms with Gasteiger partial charge < -0.3 is 10.3 Å². The van der Waals surface area contributed by atoms with Crippen molar-refractivity contribution in [3.05, 3.63) is 11.7 Å². The zero-order valence-electron chi connectivity index (χ0n) is 12.4. The highest BCUT2D eigenvalue weighted by atomic mass is 16.5. The third-order valence-corrected chi connectivity index (χ3v) is 5.21. The second kappa shape index (κ2) is 6.70. The largest absolute Gasteiger partial charge is 0.339 e. The third-order valence-electron chi connectivity index (χ3n) is 5.21. The van der Waals surface area contributed by atoms with E-state index < -0.39 is 0 Å². The Hall–Kier alpha value is -0.900. The lowest BCUT2D eigenvalue weighted by Gasteiger charge is -2.16. The van der Waals surface area contributed by atoms with Gasteiger partial charge in [0.25, 0.3) is 0 Å². The molecule has 2 N–H and O–H groups in total. The first-order valence-corrected chi connectivity index (χ1v) is 8.42. The summed E-state index contributed by atoms with van der Waals surface area (Å²) >= 11 is 0. The average Bonchev–Trinajstić information content (AvgIpc) is 3.06. The van der Waals surface area contributed by atoms with E-state index in [9.17, 15) is 0 Å². The van der Waals surface area contributed by atoms with Gasteiger partial charge in [0.05, 0.1) is 0 Å². The summed E-state index contributed by atoms with van der Waals surface area (Å²) in [6.45, 7) is 0.742. The normalized spacial score (nSPS) is 29.2. The molecule has 1 heterocycles. The van der Waals surface area contributed by atoms with Gasteiger partial charge in [0.2, 0.25) is 5.89 Å². The fraction of sp³-hybridized carbons (Fsp3) is 0.875. The Kier molecular flexibility index (Phi) is 4.71. The molecule has 0 aliphatic heterocycles. The fourth-order valence-electron chi connectivity index (χ4n) is 3.92. The summed E-state index contributed by atoms with van der Waals surface area (Å²) < 4.78 is 5.59. The van der Waals surface area contributed by atoms with Crippen molar-refractivity contribution >= 4 is 0 Å². The molecule has 2 saturated carbocycles. The first-order chi connectivity index (χ1) is 9.88. The van der Waals surface area contributed by atoms with Gasteiger partial charge in [-0.1, -0.05) is 43.7 Å². The van der Waals surface area contributed by atoms with Crippen LogP contribution in [0.4, 0.5) is 0 Å². The first kappa shape index (κ1) is 14.1. The second-order valence-corrected chi connectivity index (χ2v) is 6.57. The Balaban J connectivity index is 1.69. The van der Waals surface area contributed by atoms with E-state index in [4.69, 9.17) is 15.2 Å². The summed E-state index contributed by atoms with van der Waals surface area (Å²) in [6, 6.07) is 0. The van der Waals surface area contributed by atoms with E-state index in [1.165, 1.54) is 57.8 Å². The lowest BCUT2D eigenvalue weighted by Crippen LogP contribution is -2.17. The smallest absolute Gasteiger partial charge is 0.230 e. The summed E-state index contributed by atoms with van der Waals surface area (Å²) in [7, 11) is 0. The lowest BCUT2D eigenvalue weighted by molar-refractivity contribution is 0.319. The molecule has 0 bridgehead atoms. The summed E-state index contributed by atoms with van der Waals surface area (Å²) in [4.78, 5) is 4.75. The summed E-state index contributed by atoms with van der Waals surface area (Å²) in [5, 5.41) is 4.30. The zero-order valence-corrected chi connectivity index (χ0v) is 12.4. The molecule has 0 radical (unpaired) electrons. The molecule has 2 atom stereocenters. The van der Waals surface area contributed by atoms with Gasteiger partial charge in [-0.2, -0.15) is 4.98 Å². The van der Waals surface area contributed by atoms with Gasteiger partial charge in [0, 0.05) is 11.8 Å². The van der Waals surface area contributed by atoms with Crippen LogP contribution in [0, 0.1) is 5.92 Å². The van der Waals surface area contributed by atoms with Crippen molar-refractivity contribution in [3.63, 3.8) is 0 Å². The molecule has 0 aromatic carbocycles. The molecule has 1 aromatic rings. The molecule has 2 aliphatic carbocycles. The zero-order chi connectivity index (χ0) is 13.8. The SMILES string of the molecule is NCC1CCCC1c1nc(C2CCCCCCC2)no1. The van der Waals surface area contributed by atoms with Crippen molar-refractivity contribution < 1.29 is 4.52 Å². The van der Waals surface area contributed by atoms with Crippen LogP contribution in [0.3, 0.4) is 0 Å². The van der Waals surface area contributed by atoms with Crippen LogP contribution in [0.1, 0.15) is 87.8 Å². The number of rotatable bonds is 3. The highest BCUT2D eigenvalue weighted by molar-refractivity contribution is 5.03. The lowest BCUT2D eigenvalue weighted by atomic mass is 9.90. The third kappa shape index (κ3) is 3.05. The van der Waals surface area contributed by atoms with E-state index in [-0.39, 0.29) is 0 Å². The van der Waals surface area contributed by atoms with Crippen molar-refractivity contribution in [2.24, 2.45) is 11.7 Å². The van der Waals surface area contributed by atoms with E-state index >= 15 is 0 Å². The minimum Gasteiger partial charge on any atom is -0.339 e. The highest BCUT2D eigenvalue weighted by Gasteiger charge is 2.32. The van der Waals surface area contributed by atoms with E-state index in [0.717, 1.165) is 24.7 Å². The number of nitrogens with zero attached hydrogens (tertiary/aromatic N) is 2. The Morgan fingerprint density at radius 3 is 2.45 bits per heavy atom. The Labute approximate surface area is 121 Å². The Bertz CT molecular complexity index is 410. The predicted octanol–water partition coefficient (Wildman–Crippen LogP) is 3.74. The van der Waals surface area contributed by atoms with Gasteiger partial charge in [-0.15, -0.1) is 0 Å². The number of hydrogen-bond acceptors (Lipinski definition) is 4. The maximum Gasteiger partial charge on any atom is 0.230 e. The van der Waals surface area contributed by atoms with Gasteiger partial charge in [-0.05, 0) is 38.1 Å². The molecule has 0 spiro atoms. The monoisotopic (exact) mass is 277 g/mol. The van der Waals surface area contributed by atoms with Crippen LogP contribution in [0.5, 0.6) is 0 Å². The molecule has 20 heavy (non-hydrogen) atoms. The van der Waals surface area contributed by atoms with Gasteiger partial charge in [-0.25, -0.2) is 0 Å². The van der Waals surface area contributed by atoms with Gasteiger partial charge in [-0.3, -0.25) is 0 Å². The molecule has 3 rings (SSSR count). The van der Waals surface area contributed by atoms with Gasteiger partial charge in [0.15, 0.2) is 5.82 Å². The van der Waals surface area contributed by atoms with E-state index in [2.05, 4.69) is 5.16 Å². The van der Waals surface area contributed by atoms with Crippen molar-refractivity contribution in [3.8, 4) is 0 Å². The molecular formula is C16H27N3O. The standard InChI is InChI=1S/C16H27N3O/c17-11-13-9-6-10-14(13)16-18-15(19-20-16)12-7-4-2-1-3-5-8-12/h12-14H,1-11,17H2. The van der Waals surface area contributed by atoms with Crippen molar-refractivity contribution in [2.75, 3.05) is 6.54 Å². The summed E-state index contributed by atoms with van der Waals surface area (Å²) in [6.07, 6.45) is 12.8. The maximum absolute atomic E-state index is 5.86. The number of nitrogens with two attached hydrogens (primary N) is 1. The second-order valence-electron chi connectivity index (χ2n) is 6.57. The molecule has 2 fully saturated rings. The molecule has 0 saturated heterocycles. The van der Waals surface area contributed by atoms with Crippen LogP contribution >= 0.6 is 0 Å². The minimum atomic E-state index is 0.412. The minimum absolute atomic E-state index is 0.412. The average molecular weight is 277 g/mol. The first-order valence-electron chi connectivity index (χ1n) is 8.42. The van der Waals surface area contributed by atoms with Gasteiger partial charge in [0.1, 0.15) is 0 Å². The molecule has 112 valence electrons. The molecule has 0 amide bonds. The van der Waals surface area contributed by atoms with Crippen LogP contribution in [0.2, 0.25) is 0 Å². The highest BCUT2D eigenvalue weighted by Crippen LogP contribution is 2.39. The Morgan fingerprint density at radius 1 is 0.950 bits per heavy atom. The van der Waals surface area contributed by atoms with E-state index in [1.54, 1.807) is 0 Å². The summed E-state index contributed by atoms with van der Waals surface area (Å²) in [5.41, 5.74) is 5.86. The van der Waals surface area contributed by atoms with E-state index in [1.807, 2.05) is 0 Å². The molecule has 2 aliphatic rings. The maximum atomic E-state index is 5.86. The predicted molar refractivity (Wildman–Crippen MR) is 78.5 cm³/mol. The molecule has 1 aromatic heterocycles. The van der Waals surface area contributed by atoms with Crippen molar-refractivity contribution in [1.29, 1.82) is 0 Å². The molecular weight excluding hydrogens is 250 g/mol. The van der Waals surface area contributed by atoms with Crippen LogP contribution in [0.15, 0.2) is 4.52 Å². The van der Waals surface area contributed by atoms with E-state index in [0.29, 0.717) is 17.8 Å². The van der Waals surface area contributed by atoms with Gasteiger partial charge >= 0.3 is 0 Å². The molecule has 2 unspecified atom stereocenters. The summed E-state index contributed by atoms with van der Waals surface area (Å²) in [5.74, 6) is 3.29. The molecule has 4 heteroatoms. The fourth-order valence-corrected chi connectivity index (χ4v) is 3.92. The van der Waals surface area contributed by atoms with Crippen molar-refractivity contribution in [1.82, 2.24) is 10.1 Å². The Morgan fingerprint density at radius 2 is 1.70 bits per heavy atom. The number of hydrogen-bond donors (Lipinski definition) is 1. The van der Waals surface area contributed by atoms with Crippen LogP contribution in [0.25, 0.3) is 0 Å². The van der Waals surface area contributed by atoms with Crippen molar-refractivity contribution in [2.45, 2.75) is 76.0 Å². The van der Waals surface area contributed by atoms with Crippen LogP contribution in [-0.4, -0.2) is 16.7 Å². The van der Waals surface area contributed by atoms with Crippen LogP contribution < -0.4 is 5.73 Å².